The predicted octanol–water partition coefficient (Wildman–Crippen LogP) is 3.14. The van der Waals surface area contributed by atoms with Gasteiger partial charge in [-0.15, -0.1) is 0 Å². The van der Waals surface area contributed by atoms with Crippen LogP contribution in [0.5, 0.6) is 0 Å². The summed E-state index contributed by atoms with van der Waals surface area (Å²) in [6, 6.07) is 0. The molecule has 4 fully saturated rings. The first-order valence-electron chi connectivity index (χ1n) is 8.37. The Morgan fingerprint density at radius 3 is 2.80 bits per heavy atom. The van der Waals surface area contributed by atoms with E-state index in [1.54, 1.807) is 0 Å². The highest BCUT2D eigenvalue weighted by atomic mass is 17.3. The zero-order valence-corrected chi connectivity index (χ0v) is 12.3. The average Bonchev–Trinajstić information content (AvgIpc) is 2.78. The van der Waals surface area contributed by atoms with Crippen molar-refractivity contribution in [3.63, 3.8) is 0 Å². The number of aliphatic hydroxyl groups is 1. The van der Waals surface area contributed by atoms with Crippen LogP contribution in [-0.4, -0.2) is 22.8 Å². The molecule has 1 N–H and O–H groups in total. The van der Waals surface area contributed by atoms with Gasteiger partial charge in [-0.05, 0) is 38.0 Å². The fraction of sp³-hybridized carbons (Fsp3) is 1.00. The minimum Gasteiger partial charge on any atom is -0.393 e. The summed E-state index contributed by atoms with van der Waals surface area (Å²) < 4.78 is 6.48. The maximum atomic E-state index is 9.95. The van der Waals surface area contributed by atoms with Crippen LogP contribution in [0, 0.1) is 17.8 Å². The summed E-state index contributed by atoms with van der Waals surface area (Å²) in [6.45, 7) is 2.24. The predicted molar refractivity (Wildman–Crippen MR) is 72.4 cm³/mol. The molecule has 2 bridgehead atoms. The van der Waals surface area contributed by atoms with Gasteiger partial charge in [-0.1, -0.05) is 19.8 Å². The van der Waals surface area contributed by atoms with Crippen LogP contribution in [0.25, 0.3) is 0 Å². The van der Waals surface area contributed by atoms with Gasteiger partial charge < -0.3 is 9.84 Å². The molecule has 4 aliphatic rings. The fourth-order valence-corrected chi connectivity index (χ4v) is 5.08. The first-order chi connectivity index (χ1) is 9.62. The number of hydrogen-bond acceptors (Lipinski definition) is 4. The number of rotatable bonds is 0. The molecule has 1 heterocycles. The third-order valence-corrected chi connectivity index (χ3v) is 6.04. The van der Waals surface area contributed by atoms with E-state index >= 15 is 0 Å². The van der Waals surface area contributed by atoms with Crippen LogP contribution in [0.1, 0.15) is 64.7 Å². The van der Waals surface area contributed by atoms with Crippen molar-refractivity contribution in [2.45, 2.75) is 82.4 Å². The van der Waals surface area contributed by atoms with Crippen molar-refractivity contribution in [3.8, 4) is 0 Å². The molecule has 4 rings (SSSR count). The largest absolute Gasteiger partial charge is 0.393 e. The van der Waals surface area contributed by atoms with Crippen molar-refractivity contribution >= 4 is 0 Å². The Balaban J connectivity index is 1.58. The lowest BCUT2D eigenvalue weighted by molar-refractivity contribution is -0.380. The standard InChI is InChI=1S/C16H26O4/c1-11-8-12-4-2-5-13(9-12)16(11)18-15(19-20-16)7-3-6-14(17)10-15/h11-14,17H,2-10H2,1H3. The first kappa shape index (κ1) is 13.5. The summed E-state index contributed by atoms with van der Waals surface area (Å²) in [4.78, 5) is 11.6. The number of hydrogen-bond donors (Lipinski definition) is 1. The van der Waals surface area contributed by atoms with Gasteiger partial charge in [0.1, 0.15) is 0 Å². The Kier molecular flexibility index (Phi) is 3.15. The van der Waals surface area contributed by atoms with Crippen LogP contribution in [0.2, 0.25) is 0 Å². The summed E-state index contributed by atoms with van der Waals surface area (Å²) in [5.74, 6) is 0.452. The molecule has 0 aromatic rings. The van der Waals surface area contributed by atoms with Gasteiger partial charge in [0.05, 0.1) is 6.10 Å². The highest BCUT2D eigenvalue weighted by Gasteiger charge is 2.62. The molecule has 20 heavy (non-hydrogen) atoms. The van der Waals surface area contributed by atoms with Crippen LogP contribution >= 0.6 is 0 Å². The van der Waals surface area contributed by atoms with Crippen LogP contribution in [0.15, 0.2) is 0 Å². The fourth-order valence-electron chi connectivity index (χ4n) is 5.08. The number of ether oxygens (including phenoxy) is 1. The summed E-state index contributed by atoms with van der Waals surface area (Å²) in [5.41, 5.74) is 0. The second kappa shape index (κ2) is 4.67. The third kappa shape index (κ3) is 1.96. The molecule has 0 amide bonds. The maximum Gasteiger partial charge on any atom is 0.210 e. The molecular weight excluding hydrogens is 256 g/mol. The van der Waals surface area contributed by atoms with Crippen molar-refractivity contribution in [1.29, 1.82) is 0 Å². The van der Waals surface area contributed by atoms with E-state index in [1.807, 2.05) is 0 Å². The van der Waals surface area contributed by atoms with E-state index in [4.69, 9.17) is 14.5 Å². The van der Waals surface area contributed by atoms with E-state index in [9.17, 15) is 5.11 Å². The molecule has 0 aromatic heterocycles. The molecule has 4 nitrogen and oxygen atoms in total. The smallest absolute Gasteiger partial charge is 0.210 e. The van der Waals surface area contributed by atoms with Gasteiger partial charge in [0, 0.05) is 24.7 Å². The molecular formula is C16H26O4. The van der Waals surface area contributed by atoms with E-state index in [1.165, 1.54) is 32.1 Å². The van der Waals surface area contributed by atoms with Crippen LogP contribution in [-0.2, 0) is 14.5 Å². The maximum absolute atomic E-state index is 9.95. The minimum atomic E-state index is -0.684. The second-order valence-electron chi connectivity index (χ2n) is 7.52. The monoisotopic (exact) mass is 282 g/mol. The number of fused-ring (bicyclic) bond motifs is 3. The van der Waals surface area contributed by atoms with Gasteiger partial charge in [-0.2, -0.15) is 9.78 Å². The van der Waals surface area contributed by atoms with Crippen molar-refractivity contribution in [3.05, 3.63) is 0 Å². The summed E-state index contributed by atoms with van der Waals surface area (Å²) >= 11 is 0. The highest BCUT2D eigenvalue weighted by molar-refractivity contribution is 4.98. The van der Waals surface area contributed by atoms with E-state index in [2.05, 4.69) is 6.92 Å². The zero-order valence-electron chi connectivity index (χ0n) is 12.3. The quantitative estimate of drug-likeness (QED) is 0.693. The molecule has 1 aliphatic heterocycles. The van der Waals surface area contributed by atoms with Gasteiger partial charge in [0.25, 0.3) is 0 Å². The molecule has 4 heteroatoms. The van der Waals surface area contributed by atoms with Crippen LogP contribution in [0.4, 0.5) is 0 Å². The second-order valence-corrected chi connectivity index (χ2v) is 7.52. The zero-order chi connectivity index (χ0) is 13.8. The van der Waals surface area contributed by atoms with Crippen LogP contribution in [0.3, 0.4) is 0 Å². The van der Waals surface area contributed by atoms with Gasteiger partial charge in [-0.3, -0.25) is 0 Å². The Morgan fingerprint density at radius 2 is 1.95 bits per heavy atom. The van der Waals surface area contributed by atoms with Gasteiger partial charge in [-0.25, -0.2) is 0 Å². The number of aliphatic hydroxyl groups excluding tert-OH is 1. The van der Waals surface area contributed by atoms with E-state index in [0.29, 0.717) is 18.3 Å². The lowest BCUT2D eigenvalue weighted by atomic mass is 9.64. The molecule has 114 valence electrons. The first-order valence-corrected chi connectivity index (χ1v) is 8.37. The molecule has 3 saturated carbocycles. The topological polar surface area (TPSA) is 47.9 Å². The van der Waals surface area contributed by atoms with Crippen LogP contribution < -0.4 is 0 Å². The molecule has 0 aromatic carbocycles. The van der Waals surface area contributed by atoms with Crippen molar-refractivity contribution in [1.82, 2.24) is 0 Å². The minimum absolute atomic E-state index is 0.319. The Bertz CT molecular complexity index is 385. The van der Waals surface area contributed by atoms with Crippen molar-refractivity contribution < 1.29 is 19.6 Å². The Morgan fingerprint density at radius 1 is 1.05 bits per heavy atom. The highest BCUT2D eigenvalue weighted by Crippen LogP contribution is 2.57. The lowest BCUT2D eigenvalue weighted by Crippen LogP contribution is -2.53. The summed E-state index contributed by atoms with van der Waals surface area (Å²) in [5, 5.41) is 9.95. The van der Waals surface area contributed by atoms with Crippen molar-refractivity contribution in [2.24, 2.45) is 17.8 Å². The van der Waals surface area contributed by atoms with Gasteiger partial charge >= 0.3 is 0 Å². The van der Waals surface area contributed by atoms with E-state index in [-0.39, 0.29) is 6.10 Å². The summed E-state index contributed by atoms with van der Waals surface area (Å²) in [7, 11) is 0. The van der Waals surface area contributed by atoms with Gasteiger partial charge in [0.2, 0.25) is 11.6 Å². The Labute approximate surface area is 120 Å². The van der Waals surface area contributed by atoms with E-state index < -0.39 is 11.6 Å². The SMILES string of the molecule is CC1CC2CCCC(C2)C12OOC1(CCCC(O)C1)O2. The molecule has 2 spiro atoms. The van der Waals surface area contributed by atoms with Gasteiger partial charge in [0.15, 0.2) is 0 Å². The average molecular weight is 282 g/mol. The molecule has 6 unspecified atom stereocenters. The molecule has 0 radical (unpaired) electrons. The van der Waals surface area contributed by atoms with Crippen molar-refractivity contribution in [2.75, 3.05) is 0 Å². The normalized spacial score (nSPS) is 55.5. The lowest BCUT2D eigenvalue weighted by Gasteiger charge is -2.48. The third-order valence-electron chi connectivity index (χ3n) is 6.04. The molecule has 1 saturated heterocycles. The molecule has 6 atom stereocenters. The summed E-state index contributed by atoms with van der Waals surface area (Å²) in [6.07, 6.45) is 9.10. The van der Waals surface area contributed by atoms with E-state index in [0.717, 1.165) is 25.2 Å². The Hall–Kier alpha value is -0.160. The molecule has 3 aliphatic carbocycles.